The minimum atomic E-state index is -0.253. The Balaban J connectivity index is 1.54. The van der Waals surface area contributed by atoms with Crippen LogP contribution in [0.5, 0.6) is 0 Å². The normalized spacial score (nSPS) is 18.5. The van der Waals surface area contributed by atoms with Gasteiger partial charge in [0.25, 0.3) is 0 Å². The first kappa shape index (κ1) is 17.1. The van der Waals surface area contributed by atoms with E-state index in [1.54, 1.807) is 28.4 Å². The zero-order chi connectivity index (χ0) is 16.9. The molecular weight excluding hydrogens is 327 g/mol. The summed E-state index contributed by atoms with van der Waals surface area (Å²) in [6, 6.07) is 8.41. The van der Waals surface area contributed by atoms with Crippen molar-refractivity contribution in [1.82, 2.24) is 9.80 Å². The Morgan fingerprint density at radius 2 is 2.17 bits per heavy atom. The monoisotopic (exact) mass is 348 g/mol. The first-order chi connectivity index (χ1) is 11.6. The highest BCUT2D eigenvalue weighted by atomic mass is 32.1. The molecule has 0 unspecified atom stereocenters. The summed E-state index contributed by atoms with van der Waals surface area (Å²) in [4.78, 5) is 16.3. The number of hydrogen-bond donors (Lipinski definition) is 0. The maximum Gasteiger partial charge on any atom is 0.236 e. The fourth-order valence-electron chi connectivity index (χ4n) is 2.78. The highest BCUT2D eigenvalue weighted by molar-refractivity contribution is 7.07. The fourth-order valence-corrected chi connectivity index (χ4v) is 3.44. The number of carbonyl (C=O) groups excluding carboxylic acids is 1. The van der Waals surface area contributed by atoms with Crippen LogP contribution < -0.4 is 0 Å². The third kappa shape index (κ3) is 4.41. The van der Waals surface area contributed by atoms with Gasteiger partial charge in [-0.05, 0) is 40.1 Å². The van der Waals surface area contributed by atoms with Crippen molar-refractivity contribution in [2.45, 2.75) is 12.6 Å². The molecule has 4 nitrogen and oxygen atoms in total. The van der Waals surface area contributed by atoms with E-state index >= 15 is 0 Å². The second kappa shape index (κ2) is 7.88. The average Bonchev–Trinajstić information content (AvgIpc) is 3.08. The van der Waals surface area contributed by atoms with Crippen LogP contribution in [0.2, 0.25) is 0 Å². The van der Waals surface area contributed by atoms with Gasteiger partial charge in [-0.15, -0.1) is 0 Å². The highest BCUT2D eigenvalue weighted by Crippen LogP contribution is 2.22. The number of ether oxygens (including phenoxy) is 1. The number of nitrogens with zero attached hydrogens (tertiary/aromatic N) is 2. The van der Waals surface area contributed by atoms with Crippen LogP contribution in [0, 0.1) is 5.82 Å². The third-order valence-corrected chi connectivity index (χ3v) is 4.91. The molecule has 1 amide bonds. The summed E-state index contributed by atoms with van der Waals surface area (Å²) in [5.41, 5.74) is 2.10. The summed E-state index contributed by atoms with van der Waals surface area (Å²) in [6.07, 6.45) is -0.116. The van der Waals surface area contributed by atoms with Crippen LogP contribution in [0.15, 0.2) is 41.1 Å². The lowest BCUT2D eigenvalue weighted by atomic mass is 10.1. The van der Waals surface area contributed by atoms with Crippen molar-refractivity contribution in [3.05, 3.63) is 58.0 Å². The van der Waals surface area contributed by atoms with Gasteiger partial charge in [-0.3, -0.25) is 9.69 Å². The van der Waals surface area contributed by atoms with Crippen molar-refractivity contribution in [2.24, 2.45) is 0 Å². The standard InChI is InChI=1S/C18H21FN2O2S/c1-20(10-14-6-9-24-13-14)18(22)12-21-7-8-23-17(11-21)15-2-4-16(19)5-3-15/h2-6,9,13,17H,7-8,10-12H2,1H3/t17-/m1/s1. The molecule has 2 heterocycles. The maximum absolute atomic E-state index is 13.0. The molecule has 1 aliphatic rings. The summed E-state index contributed by atoms with van der Waals surface area (Å²) in [7, 11) is 1.83. The number of hydrogen-bond acceptors (Lipinski definition) is 4. The molecule has 6 heteroatoms. The number of halogens is 1. The van der Waals surface area contributed by atoms with Crippen molar-refractivity contribution in [3.8, 4) is 0 Å². The van der Waals surface area contributed by atoms with E-state index in [0.29, 0.717) is 26.2 Å². The van der Waals surface area contributed by atoms with Gasteiger partial charge in [0.05, 0.1) is 19.3 Å². The maximum atomic E-state index is 13.0. The SMILES string of the molecule is CN(Cc1ccsc1)C(=O)CN1CCO[C@@H](c2ccc(F)cc2)C1. The number of benzene rings is 1. The minimum absolute atomic E-state index is 0.0981. The Kier molecular flexibility index (Phi) is 5.60. The van der Waals surface area contributed by atoms with Crippen molar-refractivity contribution in [1.29, 1.82) is 0 Å². The van der Waals surface area contributed by atoms with E-state index in [4.69, 9.17) is 4.74 Å². The number of likely N-dealkylation sites (N-methyl/N-ethyl adjacent to an activating group) is 1. The van der Waals surface area contributed by atoms with Gasteiger partial charge < -0.3 is 9.64 Å². The van der Waals surface area contributed by atoms with Gasteiger partial charge in [0.2, 0.25) is 5.91 Å². The number of thiophene rings is 1. The molecule has 0 radical (unpaired) electrons. The van der Waals surface area contributed by atoms with Crippen LogP contribution in [0.3, 0.4) is 0 Å². The predicted octanol–water partition coefficient (Wildman–Crippen LogP) is 2.92. The molecule has 0 spiro atoms. The predicted molar refractivity (Wildman–Crippen MR) is 92.3 cm³/mol. The highest BCUT2D eigenvalue weighted by Gasteiger charge is 2.24. The van der Waals surface area contributed by atoms with Gasteiger partial charge in [-0.25, -0.2) is 4.39 Å². The van der Waals surface area contributed by atoms with Crippen molar-refractivity contribution >= 4 is 17.2 Å². The fraction of sp³-hybridized carbons (Fsp3) is 0.389. The van der Waals surface area contributed by atoms with Crippen LogP contribution >= 0.6 is 11.3 Å². The van der Waals surface area contributed by atoms with Gasteiger partial charge in [-0.2, -0.15) is 11.3 Å². The first-order valence-corrected chi connectivity index (χ1v) is 8.90. The zero-order valence-corrected chi connectivity index (χ0v) is 14.5. The van der Waals surface area contributed by atoms with Crippen LogP contribution in [0.25, 0.3) is 0 Å². The van der Waals surface area contributed by atoms with Crippen LogP contribution in [0.4, 0.5) is 4.39 Å². The molecular formula is C18H21FN2O2S. The van der Waals surface area contributed by atoms with Gasteiger partial charge in [-0.1, -0.05) is 12.1 Å². The Labute approximate surface area is 145 Å². The molecule has 3 rings (SSSR count). The van der Waals surface area contributed by atoms with Gasteiger partial charge >= 0.3 is 0 Å². The molecule has 0 N–H and O–H groups in total. The van der Waals surface area contributed by atoms with Gasteiger partial charge in [0.15, 0.2) is 0 Å². The Hall–Kier alpha value is -1.76. The van der Waals surface area contributed by atoms with Gasteiger partial charge in [0, 0.05) is 26.7 Å². The second-order valence-electron chi connectivity index (χ2n) is 6.03. The minimum Gasteiger partial charge on any atom is -0.371 e. The Bertz CT molecular complexity index is 660. The van der Waals surface area contributed by atoms with Crippen molar-refractivity contribution < 1.29 is 13.9 Å². The lowest BCUT2D eigenvalue weighted by Gasteiger charge is -2.33. The van der Waals surface area contributed by atoms with E-state index in [-0.39, 0.29) is 17.8 Å². The topological polar surface area (TPSA) is 32.8 Å². The largest absolute Gasteiger partial charge is 0.371 e. The molecule has 2 aromatic rings. The van der Waals surface area contributed by atoms with Crippen molar-refractivity contribution in [3.63, 3.8) is 0 Å². The summed E-state index contributed by atoms with van der Waals surface area (Å²) in [6.45, 7) is 2.96. The summed E-state index contributed by atoms with van der Waals surface area (Å²) >= 11 is 1.64. The molecule has 1 atom stereocenters. The van der Waals surface area contributed by atoms with E-state index in [2.05, 4.69) is 10.3 Å². The number of morpholine rings is 1. The van der Waals surface area contributed by atoms with E-state index in [0.717, 1.165) is 17.7 Å². The molecule has 128 valence electrons. The smallest absolute Gasteiger partial charge is 0.236 e. The quantitative estimate of drug-likeness (QED) is 0.833. The molecule has 24 heavy (non-hydrogen) atoms. The molecule has 0 aliphatic carbocycles. The summed E-state index contributed by atoms with van der Waals surface area (Å²) in [5.74, 6) is -0.155. The molecule has 0 bridgehead atoms. The lowest BCUT2D eigenvalue weighted by Crippen LogP contribution is -2.44. The Morgan fingerprint density at radius 1 is 1.38 bits per heavy atom. The summed E-state index contributed by atoms with van der Waals surface area (Å²) < 4.78 is 18.8. The van der Waals surface area contributed by atoms with E-state index in [1.165, 1.54) is 12.1 Å². The first-order valence-electron chi connectivity index (χ1n) is 7.96. The zero-order valence-electron chi connectivity index (χ0n) is 13.7. The van der Waals surface area contributed by atoms with E-state index in [9.17, 15) is 9.18 Å². The summed E-state index contributed by atoms with van der Waals surface area (Å²) in [5, 5.41) is 4.08. The number of rotatable bonds is 5. The average molecular weight is 348 g/mol. The molecule has 1 fully saturated rings. The molecule has 1 saturated heterocycles. The number of carbonyl (C=O) groups is 1. The van der Waals surface area contributed by atoms with Gasteiger partial charge in [0.1, 0.15) is 5.82 Å². The molecule has 1 aromatic heterocycles. The van der Waals surface area contributed by atoms with Crippen LogP contribution in [-0.2, 0) is 16.1 Å². The molecule has 1 aliphatic heterocycles. The lowest BCUT2D eigenvalue weighted by molar-refractivity contribution is -0.133. The molecule has 1 aromatic carbocycles. The van der Waals surface area contributed by atoms with E-state index in [1.807, 2.05) is 18.5 Å². The Morgan fingerprint density at radius 3 is 2.88 bits per heavy atom. The third-order valence-electron chi connectivity index (χ3n) is 4.18. The molecule has 0 saturated carbocycles. The number of amides is 1. The van der Waals surface area contributed by atoms with E-state index < -0.39 is 0 Å². The second-order valence-corrected chi connectivity index (χ2v) is 6.81. The van der Waals surface area contributed by atoms with Crippen LogP contribution in [0.1, 0.15) is 17.2 Å². The van der Waals surface area contributed by atoms with Crippen molar-refractivity contribution in [2.75, 3.05) is 33.3 Å². The van der Waals surface area contributed by atoms with Crippen LogP contribution in [-0.4, -0.2) is 49.0 Å².